The van der Waals surface area contributed by atoms with Gasteiger partial charge in [-0.25, -0.2) is 17.6 Å². The van der Waals surface area contributed by atoms with E-state index < -0.39 is 67.9 Å². The monoisotopic (exact) mass is 554 g/mol. The van der Waals surface area contributed by atoms with E-state index in [0.29, 0.717) is 11.1 Å². The molecule has 0 N–H and O–H groups in total. The standard InChI is InChI=1S/C19H14F8O6S2/c20-16(21)18(24,25)8-32-34(28,29)12-1-3-14-10(6-12)5-11-7-13(2-4-15(11)14)35(30,31)33-9-19(26,27)17(22)23/h1-4,6-7,16-17H,5,8-9H2. The van der Waals surface area contributed by atoms with Crippen molar-refractivity contribution in [1.29, 1.82) is 0 Å². The van der Waals surface area contributed by atoms with Crippen LogP contribution in [-0.2, 0) is 35.0 Å². The van der Waals surface area contributed by atoms with Gasteiger partial charge in [0.15, 0.2) is 0 Å². The zero-order valence-electron chi connectivity index (χ0n) is 17.0. The summed E-state index contributed by atoms with van der Waals surface area (Å²) in [5.41, 5.74) is 1.35. The lowest BCUT2D eigenvalue weighted by Gasteiger charge is -2.15. The zero-order chi connectivity index (χ0) is 26.4. The predicted octanol–water partition coefficient (Wildman–Crippen LogP) is 4.47. The first kappa shape index (κ1) is 27.3. The van der Waals surface area contributed by atoms with Gasteiger partial charge in [-0.3, -0.25) is 8.37 Å². The minimum absolute atomic E-state index is 0.0994. The Kier molecular flexibility index (Phi) is 7.25. The summed E-state index contributed by atoms with van der Waals surface area (Å²) in [5, 5.41) is 0. The van der Waals surface area contributed by atoms with E-state index in [0.717, 1.165) is 24.3 Å². The van der Waals surface area contributed by atoms with Gasteiger partial charge in [-0.1, -0.05) is 12.1 Å². The molecule has 0 unspecified atom stereocenters. The molecule has 0 aromatic heterocycles. The topological polar surface area (TPSA) is 86.7 Å². The van der Waals surface area contributed by atoms with Crippen LogP contribution in [0.15, 0.2) is 46.2 Å². The zero-order valence-corrected chi connectivity index (χ0v) is 18.7. The van der Waals surface area contributed by atoms with Crippen LogP contribution in [-0.4, -0.2) is 54.7 Å². The Balaban J connectivity index is 1.81. The second-order valence-electron chi connectivity index (χ2n) is 7.37. The van der Waals surface area contributed by atoms with Crippen LogP contribution in [0.4, 0.5) is 35.1 Å². The summed E-state index contributed by atoms with van der Waals surface area (Å²) < 4.78 is 158. The molecule has 16 heteroatoms. The first-order valence-electron chi connectivity index (χ1n) is 9.33. The van der Waals surface area contributed by atoms with Crippen molar-refractivity contribution in [3.63, 3.8) is 0 Å². The molecule has 0 atom stereocenters. The highest BCUT2D eigenvalue weighted by atomic mass is 32.2. The molecule has 0 bridgehead atoms. The van der Waals surface area contributed by atoms with Gasteiger partial charge >= 0.3 is 24.7 Å². The molecule has 0 aliphatic heterocycles. The third-order valence-corrected chi connectivity index (χ3v) is 7.37. The lowest BCUT2D eigenvalue weighted by molar-refractivity contribution is -0.147. The molecule has 0 heterocycles. The molecule has 3 rings (SSSR count). The number of fused-ring (bicyclic) bond motifs is 3. The van der Waals surface area contributed by atoms with Crippen LogP contribution in [0, 0.1) is 0 Å². The molecular weight excluding hydrogens is 540 g/mol. The molecule has 0 saturated heterocycles. The normalized spacial score (nSPS) is 14.5. The number of benzene rings is 2. The quantitative estimate of drug-likeness (QED) is 0.272. The summed E-state index contributed by atoms with van der Waals surface area (Å²) in [4.78, 5) is -1.25. The first-order valence-corrected chi connectivity index (χ1v) is 12.1. The number of rotatable bonds is 10. The van der Waals surface area contributed by atoms with Gasteiger partial charge in [-0.05, 0) is 52.9 Å². The Morgan fingerprint density at radius 2 is 1.03 bits per heavy atom. The Labute approximate surface area is 193 Å². The van der Waals surface area contributed by atoms with Crippen molar-refractivity contribution in [2.75, 3.05) is 13.2 Å². The Morgan fingerprint density at radius 1 is 0.686 bits per heavy atom. The third-order valence-electron chi connectivity index (χ3n) is 4.85. The summed E-state index contributed by atoms with van der Waals surface area (Å²) in [5.74, 6) is -9.41. The van der Waals surface area contributed by atoms with Crippen molar-refractivity contribution in [2.45, 2.75) is 40.9 Å². The van der Waals surface area contributed by atoms with Gasteiger partial charge < -0.3 is 0 Å². The number of hydrogen-bond acceptors (Lipinski definition) is 6. The summed E-state index contributed by atoms with van der Waals surface area (Å²) >= 11 is 0. The summed E-state index contributed by atoms with van der Waals surface area (Å²) in [7, 11) is -9.71. The van der Waals surface area contributed by atoms with Gasteiger partial charge in [-0.2, -0.15) is 34.4 Å². The minimum atomic E-state index is -4.86. The largest absolute Gasteiger partial charge is 0.331 e. The van der Waals surface area contributed by atoms with E-state index in [1.807, 2.05) is 0 Å². The van der Waals surface area contributed by atoms with Crippen LogP contribution in [0.5, 0.6) is 0 Å². The highest BCUT2D eigenvalue weighted by molar-refractivity contribution is 7.87. The second kappa shape index (κ2) is 9.29. The maximum absolute atomic E-state index is 13.0. The summed E-state index contributed by atoms with van der Waals surface area (Å²) in [6.07, 6.45) is -8.40. The van der Waals surface area contributed by atoms with Crippen LogP contribution in [0.1, 0.15) is 11.1 Å². The maximum atomic E-state index is 13.0. The molecule has 1 aliphatic rings. The molecule has 2 aromatic carbocycles. The lowest BCUT2D eigenvalue weighted by atomic mass is 10.1. The third kappa shape index (κ3) is 5.76. The van der Waals surface area contributed by atoms with Gasteiger partial charge in [0.05, 0.1) is 9.79 Å². The molecule has 0 radical (unpaired) electrons. The molecule has 0 spiro atoms. The van der Waals surface area contributed by atoms with Crippen LogP contribution in [0.25, 0.3) is 11.1 Å². The average molecular weight is 554 g/mol. The maximum Gasteiger partial charge on any atom is 0.331 e. The number of alkyl halides is 8. The lowest BCUT2D eigenvalue weighted by Crippen LogP contribution is -2.33. The molecule has 0 amide bonds. The highest BCUT2D eigenvalue weighted by Gasteiger charge is 2.43. The summed E-state index contributed by atoms with van der Waals surface area (Å²) in [6.45, 7) is -4.17. The van der Waals surface area contributed by atoms with Crippen LogP contribution >= 0.6 is 0 Å². The fourth-order valence-corrected chi connectivity index (χ4v) is 4.99. The highest BCUT2D eigenvalue weighted by Crippen LogP contribution is 2.39. The van der Waals surface area contributed by atoms with Gasteiger partial charge in [0.25, 0.3) is 20.2 Å². The molecule has 0 fully saturated rings. The van der Waals surface area contributed by atoms with Gasteiger partial charge in [0.2, 0.25) is 0 Å². The van der Waals surface area contributed by atoms with E-state index >= 15 is 0 Å². The van der Waals surface area contributed by atoms with Crippen molar-refractivity contribution in [3.05, 3.63) is 47.5 Å². The van der Waals surface area contributed by atoms with Crippen molar-refractivity contribution in [2.24, 2.45) is 0 Å². The fourth-order valence-electron chi connectivity index (χ4n) is 3.05. The van der Waals surface area contributed by atoms with Gasteiger partial charge in [-0.15, -0.1) is 0 Å². The van der Waals surface area contributed by atoms with Gasteiger partial charge in [0.1, 0.15) is 13.2 Å². The minimum Gasteiger partial charge on any atom is -0.260 e. The molecular formula is C19H14F8O6S2. The van der Waals surface area contributed by atoms with E-state index in [1.165, 1.54) is 12.1 Å². The average Bonchev–Trinajstić information content (AvgIpc) is 3.13. The van der Waals surface area contributed by atoms with Crippen LogP contribution in [0.3, 0.4) is 0 Å². The van der Waals surface area contributed by atoms with Crippen molar-refractivity contribution in [3.8, 4) is 11.1 Å². The van der Waals surface area contributed by atoms with E-state index in [-0.39, 0.29) is 17.5 Å². The second-order valence-corrected chi connectivity index (χ2v) is 10.6. The Hall–Kier alpha value is -2.30. The molecule has 194 valence electrons. The Bertz CT molecular complexity index is 1230. The fraction of sp³-hybridized carbons (Fsp3) is 0.368. The van der Waals surface area contributed by atoms with E-state index in [9.17, 15) is 52.0 Å². The molecule has 35 heavy (non-hydrogen) atoms. The molecule has 1 aliphatic carbocycles. The predicted molar refractivity (Wildman–Crippen MR) is 103 cm³/mol. The number of hydrogen-bond donors (Lipinski definition) is 0. The van der Waals surface area contributed by atoms with E-state index in [1.54, 1.807) is 0 Å². The molecule has 2 aromatic rings. The summed E-state index contributed by atoms with van der Waals surface area (Å²) in [6, 6.07) is 6.44. The van der Waals surface area contributed by atoms with Crippen molar-refractivity contribution < 1.29 is 60.3 Å². The van der Waals surface area contributed by atoms with E-state index in [4.69, 9.17) is 0 Å². The Morgan fingerprint density at radius 3 is 1.34 bits per heavy atom. The molecule has 0 saturated carbocycles. The SMILES string of the molecule is O=S(=O)(OCC(F)(F)C(F)F)c1ccc2c(c1)Cc1cc(S(=O)(=O)OCC(F)(F)C(F)F)ccc1-2. The van der Waals surface area contributed by atoms with Gasteiger partial charge in [0, 0.05) is 0 Å². The number of halogens is 8. The molecule has 6 nitrogen and oxygen atoms in total. The smallest absolute Gasteiger partial charge is 0.260 e. The van der Waals surface area contributed by atoms with Crippen molar-refractivity contribution >= 4 is 20.2 Å². The van der Waals surface area contributed by atoms with Crippen LogP contribution in [0.2, 0.25) is 0 Å². The van der Waals surface area contributed by atoms with Crippen LogP contribution < -0.4 is 0 Å². The first-order chi connectivity index (χ1) is 16.0. The van der Waals surface area contributed by atoms with E-state index in [2.05, 4.69) is 8.37 Å². The van der Waals surface area contributed by atoms with Crippen molar-refractivity contribution in [1.82, 2.24) is 0 Å².